The van der Waals surface area contributed by atoms with E-state index in [0.717, 1.165) is 17.9 Å². The Hall–Kier alpha value is -1.22. The van der Waals surface area contributed by atoms with Crippen LogP contribution in [0.1, 0.15) is 25.5 Å². The smallest absolute Gasteiger partial charge is 0.146 e. The van der Waals surface area contributed by atoms with Crippen LogP contribution < -0.4 is 10.1 Å². The van der Waals surface area contributed by atoms with Crippen LogP contribution in [0.2, 0.25) is 10.0 Å². The second-order valence-electron chi connectivity index (χ2n) is 4.49. The predicted octanol–water partition coefficient (Wildman–Crippen LogP) is 5.46. The molecule has 0 radical (unpaired) electrons. The predicted molar refractivity (Wildman–Crippen MR) is 85.1 cm³/mol. The van der Waals surface area contributed by atoms with E-state index >= 15 is 0 Å². The van der Waals surface area contributed by atoms with Crippen LogP contribution in [0.4, 0.5) is 0 Å². The summed E-state index contributed by atoms with van der Waals surface area (Å²) in [6, 6.07) is 13.4. The van der Waals surface area contributed by atoms with Crippen molar-refractivity contribution in [3.8, 4) is 11.5 Å². The van der Waals surface area contributed by atoms with Crippen molar-refractivity contribution in [3.63, 3.8) is 0 Å². The Morgan fingerprint density at radius 1 is 1.10 bits per heavy atom. The minimum Gasteiger partial charge on any atom is -0.455 e. The van der Waals surface area contributed by atoms with Gasteiger partial charge in [-0.1, -0.05) is 48.3 Å². The van der Waals surface area contributed by atoms with Crippen molar-refractivity contribution >= 4 is 23.2 Å². The lowest BCUT2D eigenvalue weighted by Crippen LogP contribution is -2.18. The SMILES string of the molecule is CCNC(C)c1ccccc1Oc1ccc(Cl)cc1Cl. The van der Waals surface area contributed by atoms with Crippen molar-refractivity contribution in [3.05, 3.63) is 58.1 Å². The lowest BCUT2D eigenvalue weighted by molar-refractivity contribution is 0.463. The van der Waals surface area contributed by atoms with E-state index < -0.39 is 0 Å². The maximum absolute atomic E-state index is 6.15. The normalized spacial score (nSPS) is 12.2. The first-order valence-corrected chi connectivity index (χ1v) is 7.32. The number of hydrogen-bond acceptors (Lipinski definition) is 2. The number of halogens is 2. The standard InChI is InChI=1S/C16H17Cl2NO/c1-3-19-11(2)13-6-4-5-7-15(13)20-16-9-8-12(17)10-14(16)18/h4-11,19H,3H2,1-2H3. The maximum atomic E-state index is 6.15. The second-order valence-corrected chi connectivity index (χ2v) is 5.34. The summed E-state index contributed by atoms with van der Waals surface area (Å²) in [6.45, 7) is 5.09. The number of hydrogen-bond donors (Lipinski definition) is 1. The summed E-state index contributed by atoms with van der Waals surface area (Å²) in [6.07, 6.45) is 0. The van der Waals surface area contributed by atoms with Crippen LogP contribution in [0.25, 0.3) is 0 Å². The topological polar surface area (TPSA) is 21.3 Å². The molecule has 2 aromatic rings. The van der Waals surface area contributed by atoms with Gasteiger partial charge >= 0.3 is 0 Å². The first kappa shape index (κ1) is 15.2. The summed E-state index contributed by atoms with van der Waals surface area (Å²) >= 11 is 12.0. The highest BCUT2D eigenvalue weighted by atomic mass is 35.5. The molecule has 20 heavy (non-hydrogen) atoms. The van der Waals surface area contributed by atoms with Crippen molar-refractivity contribution < 1.29 is 4.74 Å². The maximum Gasteiger partial charge on any atom is 0.146 e. The van der Waals surface area contributed by atoms with E-state index in [2.05, 4.69) is 19.2 Å². The number of benzene rings is 2. The van der Waals surface area contributed by atoms with Crippen molar-refractivity contribution in [1.29, 1.82) is 0 Å². The summed E-state index contributed by atoms with van der Waals surface area (Å²) in [5.74, 6) is 1.40. The van der Waals surface area contributed by atoms with Gasteiger partial charge in [-0.2, -0.15) is 0 Å². The molecule has 4 heteroatoms. The molecule has 0 aliphatic rings. The third kappa shape index (κ3) is 3.66. The Kier molecular flexibility index (Phi) is 5.30. The minimum atomic E-state index is 0.210. The number of ether oxygens (including phenoxy) is 1. The third-order valence-corrected chi connectivity index (χ3v) is 3.54. The molecule has 0 aliphatic carbocycles. The molecule has 106 valence electrons. The molecule has 1 unspecified atom stereocenters. The quantitative estimate of drug-likeness (QED) is 0.792. The van der Waals surface area contributed by atoms with Crippen molar-refractivity contribution in [2.24, 2.45) is 0 Å². The van der Waals surface area contributed by atoms with E-state index in [0.29, 0.717) is 15.8 Å². The summed E-state index contributed by atoms with van der Waals surface area (Å²) in [7, 11) is 0. The Labute approximate surface area is 129 Å². The molecule has 0 heterocycles. The molecule has 0 aliphatic heterocycles. The number of rotatable bonds is 5. The lowest BCUT2D eigenvalue weighted by atomic mass is 10.1. The van der Waals surface area contributed by atoms with Crippen molar-refractivity contribution in [1.82, 2.24) is 5.32 Å². The van der Waals surface area contributed by atoms with Gasteiger partial charge in [0.05, 0.1) is 5.02 Å². The van der Waals surface area contributed by atoms with Crippen LogP contribution in [0, 0.1) is 0 Å². The van der Waals surface area contributed by atoms with Gasteiger partial charge in [-0.3, -0.25) is 0 Å². The zero-order valence-corrected chi connectivity index (χ0v) is 13.0. The second kappa shape index (κ2) is 6.98. The molecule has 0 spiro atoms. The van der Waals surface area contributed by atoms with Gasteiger partial charge in [0, 0.05) is 16.6 Å². The first-order valence-electron chi connectivity index (χ1n) is 6.57. The molecular weight excluding hydrogens is 293 g/mol. The molecule has 0 saturated carbocycles. The molecule has 1 N–H and O–H groups in total. The number of para-hydroxylation sites is 1. The third-order valence-electron chi connectivity index (χ3n) is 3.01. The van der Waals surface area contributed by atoms with E-state index in [1.807, 2.05) is 24.3 Å². The zero-order valence-electron chi connectivity index (χ0n) is 11.5. The van der Waals surface area contributed by atoms with Crippen LogP contribution in [0.5, 0.6) is 11.5 Å². The molecule has 2 aromatic carbocycles. The molecule has 1 atom stereocenters. The lowest BCUT2D eigenvalue weighted by Gasteiger charge is -2.17. The largest absolute Gasteiger partial charge is 0.455 e. The summed E-state index contributed by atoms with van der Waals surface area (Å²) in [4.78, 5) is 0. The molecule has 2 rings (SSSR count). The fourth-order valence-electron chi connectivity index (χ4n) is 2.02. The van der Waals surface area contributed by atoms with E-state index in [4.69, 9.17) is 27.9 Å². The average Bonchev–Trinajstić information content (AvgIpc) is 2.43. The molecule has 0 saturated heterocycles. The first-order chi connectivity index (χ1) is 9.61. The van der Waals surface area contributed by atoms with E-state index in [-0.39, 0.29) is 6.04 Å². The highest BCUT2D eigenvalue weighted by molar-refractivity contribution is 6.35. The minimum absolute atomic E-state index is 0.210. The van der Waals surface area contributed by atoms with Crippen LogP contribution >= 0.6 is 23.2 Å². The van der Waals surface area contributed by atoms with Crippen LogP contribution in [0.3, 0.4) is 0 Å². The van der Waals surface area contributed by atoms with Gasteiger partial charge in [0.25, 0.3) is 0 Å². The molecule has 0 bridgehead atoms. The fraction of sp³-hybridized carbons (Fsp3) is 0.250. The molecule has 2 nitrogen and oxygen atoms in total. The van der Waals surface area contributed by atoms with E-state index in [9.17, 15) is 0 Å². The average molecular weight is 310 g/mol. The summed E-state index contributed by atoms with van der Waals surface area (Å²) < 4.78 is 5.93. The Balaban J connectivity index is 2.29. The molecule has 0 fully saturated rings. The van der Waals surface area contributed by atoms with Crippen molar-refractivity contribution in [2.75, 3.05) is 6.54 Å². The zero-order chi connectivity index (χ0) is 14.5. The molecule has 0 amide bonds. The Morgan fingerprint density at radius 2 is 1.85 bits per heavy atom. The van der Waals surface area contributed by atoms with Gasteiger partial charge in [-0.25, -0.2) is 0 Å². The molecular formula is C16H17Cl2NO. The van der Waals surface area contributed by atoms with Crippen LogP contribution in [0.15, 0.2) is 42.5 Å². The Bertz CT molecular complexity index is 586. The van der Waals surface area contributed by atoms with Gasteiger partial charge in [0.1, 0.15) is 11.5 Å². The van der Waals surface area contributed by atoms with Crippen LogP contribution in [-0.2, 0) is 0 Å². The Morgan fingerprint density at radius 3 is 2.55 bits per heavy atom. The van der Waals surface area contributed by atoms with E-state index in [1.165, 1.54) is 0 Å². The molecule has 0 aromatic heterocycles. The monoisotopic (exact) mass is 309 g/mol. The fourth-order valence-corrected chi connectivity index (χ4v) is 2.47. The highest BCUT2D eigenvalue weighted by Crippen LogP contribution is 2.34. The van der Waals surface area contributed by atoms with Gasteiger partial charge in [-0.15, -0.1) is 0 Å². The van der Waals surface area contributed by atoms with Crippen LogP contribution in [-0.4, -0.2) is 6.54 Å². The van der Waals surface area contributed by atoms with Gasteiger partial charge in [-0.05, 0) is 37.7 Å². The van der Waals surface area contributed by atoms with Gasteiger partial charge in [0.15, 0.2) is 0 Å². The van der Waals surface area contributed by atoms with Crippen molar-refractivity contribution in [2.45, 2.75) is 19.9 Å². The van der Waals surface area contributed by atoms with E-state index in [1.54, 1.807) is 18.2 Å². The van der Waals surface area contributed by atoms with Gasteiger partial charge in [0.2, 0.25) is 0 Å². The summed E-state index contributed by atoms with van der Waals surface area (Å²) in [5.41, 5.74) is 1.10. The number of nitrogens with one attached hydrogen (secondary N) is 1. The highest BCUT2D eigenvalue weighted by Gasteiger charge is 2.12. The van der Waals surface area contributed by atoms with Gasteiger partial charge < -0.3 is 10.1 Å². The summed E-state index contributed by atoms with van der Waals surface area (Å²) in [5, 5.41) is 4.47.